The summed E-state index contributed by atoms with van der Waals surface area (Å²) in [6.07, 6.45) is -5.10. The maximum Gasteiger partial charge on any atom is 0.334 e. The summed E-state index contributed by atoms with van der Waals surface area (Å²) < 4.78 is 22.0. The molecule has 0 amide bonds. The molecule has 204 valence electrons. The summed E-state index contributed by atoms with van der Waals surface area (Å²) in [5.41, 5.74) is 1.77. The highest BCUT2D eigenvalue weighted by Gasteiger charge is 2.48. The van der Waals surface area contributed by atoms with Crippen LogP contribution in [-0.4, -0.2) is 93.9 Å². The number of rotatable bonds is 8. The fourth-order valence-electron chi connectivity index (χ4n) is 5.21. The van der Waals surface area contributed by atoms with E-state index in [0.717, 1.165) is 17.4 Å². The van der Waals surface area contributed by atoms with Gasteiger partial charge in [-0.15, -0.1) is 6.58 Å². The van der Waals surface area contributed by atoms with Crippen LogP contribution in [0.15, 0.2) is 36.6 Å². The van der Waals surface area contributed by atoms with Gasteiger partial charge in [-0.05, 0) is 42.6 Å². The molecule has 0 bridgehead atoms. The van der Waals surface area contributed by atoms with Crippen LogP contribution >= 0.6 is 0 Å². The summed E-state index contributed by atoms with van der Waals surface area (Å²) in [4.78, 5) is 12.1. The van der Waals surface area contributed by atoms with Crippen molar-refractivity contribution in [3.05, 3.63) is 47.7 Å². The van der Waals surface area contributed by atoms with E-state index in [2.05, 4.69) is 11.9 Å². The van der Waals surface area contributed by atoms with Gasteiger partial charge in [0.2, 0.25) is 6.29 Å². The number of nitrogens with one attached hydrogen (secondary N) is 1. The Kier molecular flexibility index (Phi) is 8.39. The minimum absolute atomic E-state index is 0.00907. The Labute approximate surface area is 213 Å². The Bertz CT molecular complexity index is 1030. The van der Waals surface area contributed by atoms with E-state index in [4.69, 9.17) is 18.9 Å². The average Bonchev–Trinajstić information content (AvgIpc) is 2.88. The Hall–Kier alpha value is -2.71. The van der Waals surface area contributed by atoms with Crippen LogP contribution in [0.1, 0.15) is 23.6 Å². The number of aliphatic hydroxyl groups excluding tert-OH is 4. The zero-order valence-corrected chi connectivity index (χ0v) is 20.3. The van der Waals surface area contributed by atoms with Gasteiger partial charge in [0.1, 0.15) is 24.4 Å². The number of benzene rings is 1. The number of hydrogen-bond donors (Lipinski definition) is 7. The van der Waals surface area contributed by atoms with Crippen molar-refractivity contribution < 1.29 is 54.4 Å². The first-order valence-corrected chi connectivity index (χ1v) is 12.0. The summed E-state index contributed by atoms with van der Waals surface area (Å²) in [5.74, 6) is -2.24. The highest BCUT2D eigenvalue weighted by Crippen LogP contribution is 2.42. The van der Waals surface area contributed by atoms with Crippen molar-refractivity contribution in [1.29, 1.82) is 0 Å². The first-order valence-electron chi connectivity index (χ1n) is 12.0. The molecule has 3 aliphatic rings. The van der Waals surface area contributed by atoms with Crippen molar-refractivity contribution in [2.45, 2.75) is 55.9 Å². The number of hydrogen-bond acceptors (Lipinski definition) is 11. The smallest absolute Gasteiger partial charge is 0.334 e. The molecule has 12 heteroatoms. The number of carbonyl (C=O) groups is 1. The van der Waals surface area contributed by atoms with E-state index in [1.54, 1.807) is 12.1 Å². The quantitative estimate of drug-likeness (QED) is 0.218. The molecule has 0 aliphatic carbocycles. The number of aliphatic hydroxyl groups is 4. The van der Waals surface area contributed by atoms with Crippen molar-refractivity contribution in [2.24, 2.45) is 11.8 Å². The second kappa shape index (κ2) is 11.4. The van der Waals surface area contributed by atoms with E-state index in [1.807, 2.05) is 0 Å². The molecule has 37 heavy (non-hydrogen) atoms. The number of phenols is 1. The lowest BCUT2D eigenvalue weighted by molar-refractivity contribution is -0.339. The Morgan fingerprint density at radius 2 is 1.97 bits per heavy atom. The molecule has 1 aromatic carbocycles. The summed E-state index contributed by atoms with van der Waals surface area (Å²) in [5, 5.41) is 63.6. The topological polar surface area (TPSA) is 187 Å². The van der Waals surface area contributed by atoms with E-state index in [-0.39, 0.29) is 23.8 Å². The molecule has 0 spiro atoms. The summed E-state index contributed by atoms with van der Waals surface area (Å²) in [7, 11) is 1.47. The highest BCUT2D eigenvalue weighted by atomic mass is 16.8. The predicted octanol–water partition coefficient (Wildman–Crippen LogP) is -0.463. The zero-order chi connectivity index (χ0) is 26.9. The van der Waals surface area contributed by atoms with Gasteiger partial charge in [0.25, 0.3) is 0 Å². The first-order chi connectivity index (χ1) is 17.7. The van der Waals surface area contributed by atoms with Gasteiger partial charge >= 0.3 is 5.97 Å². The second-order valence-electron chi connectivity index (χ2n) is 9.35. The number of aromatic hydroxyl groups is 1. The number of ether oxygens (including phenoxy) is 4. The first kappa shape index (κ1) is 27.3. The standard InChI is InChI=1S/C25H33NO11/c1-3-12-14(7-16-13-8-17(28)18(34-2)6-11(13)4-5-26-16)15(23(32)33)10-35-24(12)37-25-22(31)21(30)20(29)19(9-27)36-25/h3,6,8,10,12,14,16,19-22,24-31H,1,4-5,7,9H2,2H3,(H,32,33)/t12-,14+,16+,19-,20-,21+,22-,24+,25+/m1/s1. The number of fused-ring (bicyclic) bond motifs is 1. The molecule has 3 aliphatic heterocycles. The molecule has 0 aromatic heterocycles. The van der Waals surface area contributed by atoms with Crippen molar-refractivity contribution in [3.63, 3.8) is 0 Å². The highest BCUT2D eigenvalue weighted by molar-refractivity contribution is 5.87. The monoisotopic (exact) mass is 523 g/mol. The van der Waals surface area contributed by atoms with Gasteiger partial charge in [0.05, 0.1) is 25.6 Å². The van der Waals surface area contributed by atoms with Crippen LogP contribution in [0.4, 0.5) is 0 Å². The lowest BCUT2D eigenvalue weighted by atomic mass is 9.77. The molecule has 4 rings (SSSR count). The second-order valence-corrected chi connectivity index (χ2v) is 9.35. The molecule has 0 saturated carbocycles. The number of aliphatic carboxylic acids is 1. The van der Waals surface area contributed by atoms with Crippen LogP contribution in [0, 0.1) is 11.8 Å². The van der Waals surface area contributed by atoms with Gasteiger partial charge in [-0.2, -0.15) is 0 Å². The summed E-state index contributed by atoms with van der Waals surface area (Å²) in [6, 6.07) is 3.06. The third-order valence-electron chi connectivity index (χ3n) is 7.23. The molecule has 7 N–H and O–H groups in total. The minimum Gasteiger partial charge on any atom is -0.504 e. The molecular weight excluding hydrogens is 490 g/mol. The predicted molar refractivity (Wildman–Crippen MR) is 126 cm³/mol. The maximum absolute atomic E-state index is 12.1. The van der Waals surface area contributed by atoms with Gasteiger partial charge < -0.3 is 54.9 Å². The van der Waals surface area contributed by atoms with Crippen molar-refractivity contribution >= 4 is 5.97 Å². The third kappa shape index (κ3) is 5.32. The molecule has 1 fully saturated rings. The van der Waals surface area contributed by atoms with E-state index in [1.165, 1.54) is 13.2 Å². The minimum atomic E-state index is -1.65. The zero-order valence-electron chi connectivity index (χ0n) is 20.3. The summed E-state index contributed by atoms with van der Waals surface area (Å²) in [6.45, 7) is 3.84. The lowest BCUT2D eigenvalue weighted by Gasteiger charge is -2.43. The molecule has 0 radical (unpaired) electrons. The molecular formula is C25H33NO11. The normalized spacial score (nSPS) is 35.6. The average molecular weight is 524 g/mol. The lowest BCUT2D eigenvalue weighted by Crippen LogP contribution is -2.60. The van der Waals surface area contributed by atoms with Crippen LogP contribution in [-0.2, 0) is 25.4 Å². The summed E-state index contributed by atoms with van der Waals surface area (Å²) >= 11 is 0. The fraction of sp³-hybridized carbons (Fsp3) is 0.560. The van der Waals surface area contributed by atoms with E-state index in [0.29, 0.717) is 18.7 Å². The van der Waals surface area contributed by atoms with Gasteiger partial charge in [0.15, 0.2) is 17.8 Å². The van der Waals surface area contributed by atoms with Crippen LogP contribution in [0.25, 0.3) is 0 Å². The molecule has 1 saturated heterocycles. The SMILES string of the molecule is C=C[C@H]1[C@H](O[C@@H]2O[C@H](CO)[C@@H](O)[C@H](O)[C@H]2O)OC=C(C(=O)O)[C@H]1C[C@@H]1NCCc2cc(OC)c(O)cc21. The Balaban J connectivity index is 1.60. The van der Waals surface area contributed by atoms with Crippen molar-refractivity contribution in [2.75, 3.05) is 20.3 Å². The van der Waals surface area contributed by atoms with E-state index >= 15 is 0 Å². The van der Waals surface area contributed by atoms with E-state index < -0.39 is 61.4 Å². The van der Waals surface area contributed by atoms with Crippen molar-refractivity contribution in [3.8, 4) is 11.5 Å². The molecule has 3 heterocycles. The Morgan fingerprint density at radius 1 is 1.22 bits per heavy atom. The Morgan fingerprint density at radius 3 is 2.62 bits per heavy atom. The van der Waals surface area contributed by atoms with Gasteiger partial charge in [0, 0.05) is 17.9 Å². The molecule has 0 unspecified atom stereocenters. The molecule has 9 atom stereocenters. The largest absolute Gasteiger partial charge is 0.504 e. The van der Waals surface area contributed by atoms with Gasteiger partial charge in [-0.25, -0.2) is 4.79 Å². The van der Waals surface area contributed by atoms with Crippen LogP contribution in [0.3, 0.4) is 0 Å². The molecule has 1 aromatic rings. The molecule has 12 nitrogen and oxygen atoms in total. The van der Waals surface area contributed by atoms with Crippen LogP contribution < -0.4 is 10.1 Å². The van der Waals surface area contributed by atoms with Crippen molar-refractivity contribution in [1.82, 2.24) is 5.32 Å². The number of carboxylic acids is 1. The number of methoxy groups -OCH3 is 1. The number of phenolic OH excluding ortho intramolecular Hbond substituents is 1. The number of carboxylic acid groups (broad SMARTS) is 1. The van der Waals surface area contributed by atoms with Crippen LogP contribution in [0.2, 0.25) is 0 Å². The van der Waals surface area contributed by atoms with Gasteiger partial charge in [-0.1, -0.05) is 6.08 Å². The third-order valence-corrected chi connectivity index (χ3v) is 7.23. The van der Waals surface area contributed by atoms with E-state index in [9.17, 15) is 35.4 Å². The van der Waals surface area contributed by atoms with Crippen LogP contribution in [0.5, 0.6) is 11.5 Å². The maximum atomic E-state index is 12.1. The van der Waals surface area contributed by atoms with Gasteiger partial charge in [-0.3, -0.25) is 0 Å². The fourth-order valence-corrected chi connectivity index (χ4v) is 5.21.